The van der Waals surface area contributed by atoms with Gasteiger partial charge in [-0.05, 0) is 32.6 Å². The molecule has 1 saturated heterocycles. The predicted octanol–water partition coefficient (Wildman–Crippen LogP) is 1.44. The molecule has 0 radical (unpaired) electrons. The fraction of sp³-hybridized carbons (Fsp3) is 0.900. The van der Waals surface area contributed by atoms with Gasteiger partial charge in [-0.3, -0.25) is 4.99 Å². The molecule has 0 spiro atoms. The van der Waals surface area contributed by atoms with Gasteiger partial charge < -0.3 is 10.6 Å². The minimum atomic E-state index is 0.305. The first-order valence-corrected chi connectivity index (χ1v) is 5.18. The highest BCUT2D eigenvalue weighted by atomic mass is 15.3. The molecule has 13 heavy (non-hydrogen) atoms. The zero-order valence-corrected chi connectivity index (χ0v) is 8.95. The van der Waals surface area contributed by atoms with Crippen molar-refractivity contribution >= 4 is 5.96 Å². The van der Waals surface area contributed by atoms with Crippen LogP contribution in [-0.4, -0.2) is 30.0 Å². The van der Waals surface area contributed by atoms with Crippen molar-refractivity contribution in [1.29, 1.82) is 0 Å². The van der Waals surface area contributed by atoms with Gasteiger partial charge in [0.05, 0.1) is 0 Å². The van der Waals surface area contributed by atoms with E-state index in [0.717, 1.165) is 25.0 Å². The molecule has 1 fully saturated rings. The molecule has 1 rings (SSSR count). The van der Waals surface area contributed by atoms with Crippen molar-refractivity contribution < 1.29 is 0 Å². The highest BCUT2D eigenvalue weighted by Crippen LogP contribution is 2.15. The van der Waals surface area contributed by atoms with Crippen molar-refractivity contribution in [3.8, 4) is 0 Å². The number of likely N-dealkylation sites (tertiary alicyclic amines) is 1. The van der Waals surface area contributed by atoms with E-state index in [1.54, 1.807) is 0 Å². The Labute approximate surface area is 81.0 Å². The van der Waals surface area contributed by atoms with Crippen LogP contribution in [0.4, 0.5) is 0 Å². The molecule has 2 N–H and O–H groups in total. The lowest BCUT2D eigenvalue weighted by atomic mass is 10.00. The van der Waals surface area contributed by atoms with Crippen LogP contribution in [0.2, 0.25) is 0 Å². The third-order valence-corrected chi connectivity index (χ3v) is 2.50. The lowest BCUT2D eigenvalue weighted by Gasteiger charge is -2.31. The Morgan fingerprint density at radius 1 is 1.38 bits per heavy atom. The van der Waals surface area contributed by atoms with Crippen LogP contribution in [0.1, 0.15) is 33.6 Å². The Balaban J connectivity index is 2.44. The summed E-state index contributed by atoms with van der Waals surface area (Å²) in [5, 5.41) is 0. The van der Waals surface area contributed by atoms with E-state index in [0.29, 0.717) is 6.04 Å². The summed E-state index contributed by atoms with van der Waals surface area (Å²) in [6.45, 7) is 8.55. The van der Waals surface area contributed by atoms with Crippen LogP contribution in [0.5, 0.6) is 0 Å². The fourth-order valence-electron chi connectivity index (χ4n) is 1.58. The molecule has 0 saturated carbocycles. The van der Waals surface area contributed by atoms with Gasteiger partial charge in [-0.1, -0.05) is 6.92 Å². The predicted molar refractivity (Wildman–Crippen MR) is 56.7 cm³/mol. The molecule has 0 aromatic rings. The van der Waals surface area contributed by atoms with Crippen molar-refractivity contribution in [2.45, 2.75) is 39.7 Å². The zero-order valence-electron chi connectivity index (χ0n) is 8.95. The summed E-state index contributed by atoms with van der Waals surface area (Å²) in [4.78, 5) is 6.54. The molecule has 0 aromatic heterocycles. The molecular formula is C10H21N3. The van der Waals surface area contributed by atoms with Crippen LogP contribution in [0.25, 0.3) is 0 Å². The van der Waals surface area contributed by atoms with E-state index in [-0.39, 0.29) is 0 Å². The molecule has 1 aliphatic rings. The van der Waals surface area contributed by atoms with Crippen LogP contribution < -0.4 is 5.73 Å². The quantitative estimate of drug-likeness (QED) is 0.494. The van der Waals surface area contributed by atoms with Gasteiger partial charge in [-0.2, -0.15) is 0 Å². The number of aliphatic imine (C=N–C) groups is 1. The van der Waals surface area contributed by atoms with Gasteiger partial charge in [-0.25, -0.2) is 0 Å². The summed E-state index contributed by atoms with van der Waals surface area (Å²) in [5.41, 5.74) is 5.87. The molecule has 0 atom stereocenters. The minimum Gasteiger partial charge on any atom is -0.370 e. The first-order chi connectivity index (χ1) is 6.09. The van der Waals surface area contributed by atoms with E-state index in [1.165, 1.54) is 12.8 Å². The second-order valence-electron chi connectivity index (χ2n) is 4.25. The lowest BCUT2D eigenvalue weighted by molar-refractivity contribution is 0.277. The van der Waals surface area contributed by atoms with Gasteiger partial charge in [0.2, 0.25) is 0 Å². The van der Waals surface area contributed by atoms with Crippen molar-refractivity contribution in [2.24, 2.45) is 16.6 Å². The Hall–Kier alpha value is -0.730. The molecular weight excluding hydrogens is 162 g/mol. The number of hydrogen-bond donors (Lipinski definition) is 1. The number of guanidine groups is 1. The summed E-state index contributed by atoms with van der Waals surface area (Å²) in [7, 11) is 0. The Bertz CT molecular complexity index is 179. The van der Waals surface area contributed by atoms with Gasteiger partial charge in [0.25, 0.3) is 0 Å². The van der Waals surface area contributed by atoms with Crippen molar-refractivity contribution in [2.75, 3.05) is 13.1 Å². The highest BCUT2D eigenvalue weighted by molar-refractivity contribution is 5.78. The average Bonchev–Trinajstić information content (AvgIpc) is 2.04. The smallest absolute Gasteiger partial charge is 0.191 e. The summed E-state index contributed by atoms with van der Waals surface area (Å²) in [6.07, 6.45) is 2.49. The normalized spacial score (nSPS) is 21.2. The maximum Gasteiger partial charge on any atom is 0.191 e. The average molecular weight is 183 g/mol. The first kappa shape index (κ1) is 10.4. The third kappa shape index (κ3) is 3.25. The fourth-order valence-corrected chi connectivity index (χ4v) is 1.58. The summed E-state index contributed by atoms with van der Waals surface area (Å²) < 4.78 is 0. The van der Waals surface area contributed by atoms with Crippen LogP contribution in [0.3, 0.4) is 0 Å². The minimum absolute atomic E-state index is 0.305. The maximum absolute atomic E-state index is 5.87. The Kier molecular flexibility index (Phi) is 3.58. The van der Waals surface area contributed by atoms with E-state index in [4.69, 9.17) is 5.73 Å². The molecule has 0 aliphatic carbocycles. The van der Waals surface area contributed by atoms with Crippen LogP contribution >= 0.6 is 0 Å². The van der Waals surface area contributed by atoms with Crippen LogP contribution in [0.15, 0.2) is 4.99 Å². The number of rotatable bonds is 1. The van der Waals surface area contributed by atoms with Gasteiger partial charge in [0.1, 0.15) is 0 Å². The Morgan fingerprint density at radius 2 is 1.92 bits per heavy atom. The summed E-state index contributed by atoms with van der Waals surface area (Å²) in [5.74, 6) is 1.57. The van der Waals surface area contributed by atoms with Gasteiger partial charge in [0.15, 0.2) is 5.96 Å². The van der Waals surface area contributed by atoms with Crippen LogP contribution in [-0.2, 0) is 0 Å². The highest BCUT2D eigenvalue weighted by Gasteiger charge is 2.16. The summed E-state index contributed by atoms with van der Waals surface area (Å²) >= 11 is 0. The van der Waals surface area contributed by atoms with Gasteiger partial charge in [-0.15, -0.1) is 0 Å². The third-order valence-electron chi connectivity index (χ3n) is 2.50. The first-order valence-electron chi connectivity index (χ1n) is 5.18. The molecule has 3 heteroatoms. The second-order valence-corrected chi connectivity index (χ2v) is 4.25. The topological polar surface area (TPSA) is 41.6 Å². The van der Waals surface area contributed by atoms with Crippen LogP contribution in [0, 0.1) is 5.92 Å². The maximum atomic E-state index is 5.87. The number of hydrogen-bond acceptors (Lipinski definition) is 1. The van der Waals surface area contributed by atoms with Crippen molar-refractivity contribution in [3.63, 3.8) is 0 Å². The molecule has 3 nitrogen and oxygen atoms in total. The largest absolute Gasteiger partial charge is 0.370 e. The molecule has 76 valence electrons. The number of nitrogens with zero attached hydrogens (tertiary/aromatic N) is 2. The standard InChI is InChI=1S/C10H21N3/c1-8(2)12-10(11)13-6-4-9(3)5-7-13/h8-9H,4-7H2,1-3H3,(H2,11,12). The lowest BCUT2D eigenvalue weighted by Crippen LogP contribution is -2.42. The molecule has 0 aromatic carbocycles. The molecule has 0 bridgehead atoms. The number of nitrogens with two attached hydrogens (primary N) is 1. The van der Waals surface area contributed by atoms with E-state index >= 15 is 0 Å². The van der Waals surface area contributed by atoms with E-state index in [9.17, 15) is 0 Å². The van der Waals surface area contributed by atoms with E-state index in [1.807, 2.05) is 0 Å². The van der Waals surface area contributed by atoms with Crippen molar-refractivity contribution in [1.82, 2.24) is 4.90 Å². The molecule has 1 heterocycles. The second kappa shape index (κ2) is 4.49. The van der Waals surface area contributed by atoms with Crippen molar-refractivity contribution in [3.05, 3.63) is 0 Å². The van der Waals surface area contributed by atoms with E-state index in [2.05, 4.69) is 30.7 Å². The molecule has 0 amide bonds. The molecule has 1 aliphatic heterocycles. The number of piperidine rings is 1. The SMILES string of the molecule is CC1CCN(C(N)=NC(C)C)CC1. The Morgan fingerprint density at radius 3 is 2.38 bits per heavy atom. The monoisotopic (exact) mass is 183 g/mol. The zero-order chi connectivity index (χ0) is 9.84. The van der Waals surface area contributed by atoms with Gasteiger partial charge in [0, 0.05) is 19.1 Å². The van der Waals surface area contributed by atoms with E-state index < -0.39 is 0 Å². The van der Waals surface area contributed by atoms with Gasteiger partial charge >= 0.3 is 0 Å². The molecule has 0 unspecified atom stereocenters. The summed E-state index contributed by atoms with van der Waals surface area (Å²) in [6, 6.07) is 0.305.